The number of anilines is 1. The molecule has 0 atom stereocenters. The predicted molar refractivity (Wildman–Crippen MR) is 85.4 cm³/mol. The molecule has 0 N–H and O–H groups in total. The Morgan fingerprint density at radius 1 is 1.50 bits per heavy atom. The fourth-order valence-corrected chi connectivity index (χ4v) is 2.21. The van der Waals surface area contributed by atoms with Gasteiger partial charge in [-0.1, -0.05) is 11.6 Å². The molecular formula is C12H14ClIN4O2. The number of ether oxygens (including phenoxy) is 1. The van der Waals surface area contributed by atoms with E-state index in [4.69, 9.17) is 16.3 Å². The van der Waals surface area contributed by atoms with Crippen molar-refractivity contribution in [2.45, 2.75) is 26.4 Å². The first-order valence-electron chi connectivity index (χ1n) is 5.85. The van der Waals surface area contributed by atoms with Crippen LogP contribution in [0.2, 0.25) is 5.15 Å². The highest BCUT2D eigenvalue weighted by molar-refractivity contribution is 14.1. The van der Waals surface area contributed by atoms with Crippen molar-refractivity contribution in [3.05, 3.63) is 21.0 Å². The normalized spacial score (nSPS) is 11.7. The number of aromatic nitrogens is 3. The fourth-order valence-electron chi connectivity index (χ4n) is 1.55. The van der Waals surface area contributed by atoms with E-state index in [9.17, 15) is 4.79 Å². The Kier molecular flexibility index (Phi) is 4.10. The summed E-state index contributed by atoms with van der Waals surface area (Å²) in [6, 6.07) is 1.57. The Morgan fingerprint density at radius 2 is 2.15 bits per heavy atom. The van der Waals surface area contributed by atoms with E-state index in [1.807, 2.05) is 20.8 Å². The van der Waals surface area contributed by atoms with Gasteiger partial charge in [0, 0.05) is 13.1 Å². The number of nitrogens with zero attached hydrogens (tertiary/aromatic N) is 4. The number of carbonyl (C=O) groups excluding carboxylic acids is 1. The molecule has 0 aliphatic heterocycles. The van der Waals surface area contributed by atoms with E-state index in [-0.39, 0.29) is 0 Å². The summed E-state index contributed by atoms with van der Waals surface area (Å²) < 4.78 is 7.73. The average Bonchev–Trinajstić information content (AvgIpc) is 2.67. The van der Waals surface area contributed by atoms with E-state index in [0.29, 0.717) is 16.6 Å². The van der Waals surface area contributed by atoms with Crippen LogP contribution in [0, 0.1) is 3.57 Å². The predicted octanol–water partition coefficient (Wildman–Crippen LogP) is 3.36. The Morgan fingerprint density at radius 3 is 2.75 bits per heavy atom. The minimum absolute atomic E-state index is 0.293. The molecule has 0 aliphatic rings. The first-order valence-corrected chi connectivity index (χ1v) is 7.31. The standard InChI is InChI=1S/C12H14ClIN4O2/c1-12(2,3)20-11(19)17(4)9-5-8(13)16-10-7(14)6-15-18(9)10/h5-6H,1-4H3. The summed E-state index contributed by atoms with van der Waals surface area (Å²) in [4.78, 5) is 17.7. The molecule has 20 heavy (non-hydrogen) atoms. The average molecular weight is 409 g/mol. The van der Waals surface area contributed by atoms with E-state index in [2.05, 4.69) is 32.7 Å². The smallest absolute Gasteiger partial charge is 0.415 e. The molecule has 2 aromatic rings. The van der Waals surface area contributed by atoms with Crippen molar-refractivity contribution in [1.82, 2.24) is 14.6 Å². The number of carbonyl (C=O) groups is 1. The van der Waals surface area contributed by atoms with Gasteiger partial charge in [0.05, 0.1) is 9.77 Å². The van der Waals surface area contributed by atoms with Crippen molar-refractivity contribution >= 4 is 51.8 Å². The Balaban J connectivity index is 2.44. The van der Waals surface area contributed by atoms with Gasteiger partial charge >= 0.3 is 6.09 Å². The van der Waals surface area contributed by atoms with Gasteiger partial charge in [-0.05, 0) is 43.4 Å². The van der Waals surface area contributed by atoms with Crippen molar-refractivity contribution < 1.29 is 9.53 Å². The fraction of sp³-hybridized carbons (Fsp3) is 0.417. The topological polar surface area (TPSA) is 59.7 Å². The van der Waals surface area contributed by atoms with Gasteiger partial charge in [-0.3, -0.25) is 4.90 Å². The summed E-state index contributed by atoms with van der Waals surface area (Å²) in [5.41, 5.74) is 0.0309. The summed E-state index contributed by atoms with van der Waals surface area (Å²) in [7, 11) is 1.60. The van der Waals surface area contributed by atoms with Gasteiger partial charge in [0.1, 0.15) is 16.6 Å². The summed E-state index contributed by atoms with van der Waals surface area (Å²) >= 11 is 8.11. The first kappa shape index (κ1) is 15.3. The molecule has 6 nitrogen and oxygen atoms in total. The Hall–Kier alpha value is -1.09. The van der Waals surface area contributed by atoms with Gasteiger partial charge in [0.2, 0.25) is 0 Å². The number of rotatable bonds is 1. The van der Waals surface area contributed by atoms with Crippen molar-refractivity contribution in [1.29, 1.82) is 0 Å². The number of hydrogen-bond acceptors (Lipinski definition) is 4. The maximum atomic E-state index is 12.1. The molecule has 0 fully saturated rings. The van der Waals surface area contributed by atoms with Crippen molar-refractivity contribution in [3.63, 3.8) is 0 Å². The zero-order valence-corrected chi connectivity index (χ0v) is 14.4. The zero-order chi connectivity index (χ0) is 15.1. The van der Waals surface area contributed by atoms with Crippen LogP contribution in [0.5, 0.6) is 0 Å². The van der Waals surface area contributed by atoms with Gasteiger partial charge in [-0.15, -0.1) is 0 Å². The third kappa shape index (κ3) is 3.14. The Bertz CT molecular complexity index is 665. The van der Waals surface area contributed by atoms with Crippen LogP contribution in [0.3, 0.4) is 0 Å². The second-order valence-corrected chi connectivity index (χ2v) is 6.75. The quantitative estimate of drug-likeness (QED) is 0.536. The lowest BCUT2D eigenvalue weighted by Gasteiger charge is -2.24. The summed E-state index contributed by atoms with van der Waals surface area (Å²) in [6.07, 6.45) is 1.18. The molecule has 0 saturated heterocycles. The first-order chi connectivity index (χ1) is 9.19. The monoisotopic (exact) mass is 408 g/mol. The highest BCUT2D eigenvalue weighted by atomic mass is 127. The third-order valence-corrected chi connectivity index (χ3v) is 3.34. The molecular weight excluding hydrogens is 395 g/mol. The summed E-state index contributed by atoms with van der Waals surface area (Å²) in [5, 5.41) is 4.49. The van der Waals surface area contributed by atoms with Gasteiger partial charge in [0.15, 0.2) is 5.65 Å². The molecule has 0 aliphatic carbocycles. The zero-order valence-electron chi connectivity index (χ0n) is 11.5. The molecule has 0 radical (unpaired) electrons. The van der Waals surface area contributed by atoms with E-state index in [0.717, 1.165) is 3.57 Å². The number of halogens is 2. The molecule has 2 rings (SSSR count). The molecule has 0 unspecified atom stereocenters. The minimum Gasteiger partial charge on any atom is -0.443 e. The SMILES string of the molecule is CN(C(=O)OC(C)(C)C)c1cc(Cl)nc2c(I)cnn12. The molecule has 0 spiro atoms. The molecule has 8 heteroatoms. The maximum absolute atomic E-state index is 12.1. The molecule has 2 heterocycles. The molecule has 0 bridgehead atoms. The molecule has 2 aromatic heterocycles. The van der Waals surface area contributed by atoms with Crippen LogP contribution < -0.4 is 4.90 Å². The molecule has 1 amide bonds. The molecule has 0 saturated carbocycles. The van der Waals surface area contributed by atoms with Crippen molar-refractivity contribution in [2.75, 3.05) is 11.9 Å². The van der Waals surface area contributed by atoms with Crippen molar-refractivity contribution in [2.24, 2.45) is 0 Å². The number of fused-ring (bicyclic) bond motifs is 1. The molecule has 108 valence electrons. The van der Waals surface area contributed by atoms with E-state index in [1.54, 1.807) is 23.8 Å². The minimum atomic E-state index is -0.570. The van der Waals surface area contributed by atoms with Gasteiger partial charge in [-0.2, -0.15) is 9.61 Å². The highest BCUT2D eigenvalue weighted by Crippen LogP contribution is 2.23. The summed E-state index contributed by atoms with van der Waals surface area (Å²) in [5.74, 6) is 0.497. The Labute approximate surface area is 135 Å². The molecule has 0 aromatic carbocycles. The number of amides is 1. The second-order valence-electron chi connectivity index (χ2n) is 5.20. The van der Waals surface area contributed by atoms with Crippen LogP contribution in [0.1, 0.15) is 20.8 Å². The van der Waals surface area contributed by atoms with Crippen LogP contribution in [-0.2, 0) is 4.74 Å². The van der Waals surface area contributed by atoms with Crippen LogP contribution >= 0.6 is 34.2 Å². The van der Waals surface area contributed by atoms with E-state index in [1.165, 1.54) is 4.90 Å². The lowest BCUT2D eigenvalue weighted by Crippen LogP contribution is -2.35. The van der Waals surface area contributed by atoms with Crippen LogP contribution in [-0.4, -0.2) is 33.3 Å². The van der Waals surface area contributed by atoms with Crippen LogP contribution in [0.15, 0.2) is 12.3 Å². The van der Waals surface area contributed by atoms with Gasteiger partial charge in [0.25, 0.3) is 0 Å². The number of hydrogen-bond donors (Lipinski definition) is 0. The largest absolute Gasteiger partial charge is 0.443 e. The lowest BCUT2D eigenvalue weighted by atomic mass is 10.2. The van der Waals surface area contributed by atoms with E-state index < -0.39 is 11.7 Å². The van der Waals surface area contributed by atoms with Crippen LogP contribution in [0.25, 0.3) is 5.65 Å². The maximum Gasteiger partial charge on any atom is 0.415 e. The lowest BCUT2D eigenvalue weighted by molar-refractivity contribution is 0.0587. The van der Waals surface area contributed by atoms with Crippen LogP contribution in [0.4, 0.5) is 10.6 Å². The summed E-state index contributed by atoms with van der Waals surface area (Å²) in [6.45, 7) is 5.43. The van der Waals surface area contributed by atoms with Gasteiger partial charge < -0.3 is 4.74 Å². The third-order valence-electron chi connectivity index (χ3n) is 2.39. The van der Waals surface area contributed by atoms with Crippen molar-refractivity contribution in [3.8, 4) is 0 Å². The van der Waals surface area contributed by atoms with E-state index >= 15 is 0 Å². The van der Waals surface area contributed by atoms with Gasteiger partial charge in [-0.25, -0.2) is 9.78 Å². The highest BCUT2D eigenvalue weighted by Gasteiger charge is 2.23. The second kappa shape index (κ2) is 5.36.